The number of nitrogens with zero attached hydrogens (tertiary/aromatic N) is 3. The van der Waals surface area contributed by atoms with Crippen LogP contribution in [0.3, 0.4) is 0 Å². The van der Waals surface area contributed by atoms with Gasteiger partial charge in [-0.25, -0.2) is 10.5 Å². The van der Waals surface area contributed by atoms with Crippen LogP contribution in [0.2, 0.25) is 0 Å². The highest BCUT2D eigenvalue weighted by Gasteiger charge is 2.16. The van der Waals surface area contributed by atoms with E-state index in [1.54, 1.807) is 11.3 Å². The van der Waals surface area contributed by atoms with Crippen molar-refractivity contribution >= 4 is 32.4 Å². The Morgan fingerprint density at radius 2 is 1.77 bits per heavy atom. The molecule has 0 amide bonds. The minimum atomic E-state index is 0.150. The standard InChI is InChI=1S/C20H32N4OS/c1-5-9-11-24(12-10-6-2)20-22-17-13-18(25-15(7-3)8-4)16(23-21)14-19(17)26-20/h13-15,21H,5-12H2,1-4H3. The number of nitrogens with one attached hydrogen (secondary N) is 1. The summed E-state index contributed by atoms with van der Waals surface area (Å²) in [7, 11) is 0. The summed E-state index contributed by atoms with van der Waals surface area (Å²) in [5.41, 5.74) is 9.04. The SMILES string of the molecule is CCCCN(CCCC)c1nc2cc(OC(CC)CC)c(N=N)cc2s1. The Labute approximate surface area is 161 Å². The zero-order valence-corrected chi connectivity index (χ0v) is 17.4. The van der Waals surface area contributed by atoms with Gasteiger partial charge in [0.2, 0.25) is 0 Å². The van der Waals surface area contributed by atoms with Crippen LogP contribution in [0, 0.1) is 5.53 Å². The molecular weight excluding hydrogens is 344 g/mol. The summed E-state index contributed by atoms with van der Waals surface area (Å²) in [6.45, 7) is 10.8. The summed E-state index contributed by atoms with van der Waals surface area (Å²) in [4.78, 5) is 7.27. The molecule has 0 fully saturated rings. The lowest BCUT2D eigenvalue weighted by molar-refractivity contribution is 0.194. The second-order valence-corrected chi connectivity index (χ2v) is 7.66. The first-order valence-corrected chi connectivity index (χ1v) is 10.7. The Kier molecular flexibility index (Phi) is 8.29. The zero-order chi connectivity index (χ0) is 18.9. The predicted molar refractivity (Wildman–Crippen MR) is 111 cm³/mol. The maximum Gasteiger partial charge on any atom is 0.186 e. The van der Waals surface area contributed by atoms with Crippen molar-refractivity contribution in [1.29, 1.82) is 5.53 Å². The lowest BCUT2D eigenvalue weighted by Crippen LogP contribution is -2.25. The van der Waals surface area contributed by atoms with Gasteiger partial charge in [-0.2, -0.15) is 5.11 Å². The summed E-state index contributed by atoms with van der Waals surface area (Å²) in [6, 6.07) is 3.90. The lowest BCUT2D eigenvalue weighted by atomic mass is 10.2. The molecule has 1 heterocycles. The molecule has 144 valence electrons. The van der Waals surface area contributed by atoms with Gasteiger partial charge in [-0.1, -0.05) is 51.9 Å². The van der Waals surface area contributed by atoms with Crippen molar-refractivity contribution in [3.05, 3.63) is 12.1 Å². The maximum atomic E-state index is 7.51. The maximum absolute atomic E-state index is 7.51. The largest absolute Gasteiger partial charge is 0.488 e. The number of thiazole rings is 1. The number of aromatic nitrogens is 1. The molecule has 0 saturated carbocycles. The number of unbranched alkanes of at least 4 members (excludes halogenated alkanes) is 2. The predicted octanol–water partition coefficient (Wildman–Crippen LogP) is 6.93. The van der Waals surface area contributed by atoms with E-state index in [1.165, 1.54) is 25.7 Å². The van der Waals surface area contributed by atoms with Crippen molar-refractivity contribution in [3.63, 3.8) is 0 Å². The molecule has 0 radical (unpaired) electrons. The van der Waals surface area contributed by atoms with Gasteiger partial charge in [-0.15, -0.1) is 0 Å². The van der Waals surface area contributed by atoms with Gasteiger partial charge in [-0.05, 0) is 31.7 Å². The molecule has 0 aliphatic rings. The fraction of sp³-hybridized carbons (Fsp3) is 0.650. The topological polar surface area (TPSA) is 61.6 Å². The first kappa shape index (κ1) is 20.6. The van der Waals surface area contributed by atoms with E-state index < -0.39 is 0 Å². The van der Waals surface area contributed by atoms with E-state index in [0.29, 0.717) is 11.4 Å². The normalized spacial score (nSPS) is 11.3. The zero-order valence-electron chi connectivity index (χ0n) is 16.5. The summed E-state index contributed by atoms with van der Waals surface area (Å²) < 4.78 is 7.15. The second kappa shape index (κ2) is 10.5. The fourth-order valence-electron chi connectivity index (χ4n) is 2.88. The first-order chi connectivity index (χ1) is 12.7. The molecule has 26 heavy (non-hydrogen) atoms. The van der Waals surface area contributed by atoms with Crippen LogP contribution in [0.1, 0.15) is 66.2 Å². The van der Waals surface area contributed by atoms with Crippen LogP contribution in [0.15, 0.2) is 17.2 Å². The Hall–Kier alpha value is -1.69. The van der Waals surface area contributed by atoms with Gasteiger partial charge in [0.1, 0.15) is 11.4 Å². The van der Waals surface area contributed by atoms with E-state index >= 15 is 0 Å². The molecule has 0 aliphatic heterocycles. The van der Waals surface area contributed by atoms with Crippen LogP contribution in [0.4, 0.5) is 10.8 Å². The van der Waals surface area contributed by atoms with Crippen LogP contribution in [-0.2, 0) is 0 Å². The van der Waals surface area contributed by atoms with Crippen molar-refractivity contribution in [2.45, 2.75) is 72.3 Å². The fourth-order valence-corrected chi connectivity index (χ4v) is 3.92. The van der Waals surface area contributed by atoms with Crippen LogP contribution in [0.5, 0.6) is 5.75 Å². The summed E-state index contributed by atoms with van der Waals surface area (Å²) in [5.74, 6) is 0.673. The van der Waals surface area contributed by atoms with Gasteiger partial charge in [0.05, 0.1) is 16.3 Å². The monoisotopic (exact) mass is 376 g/mol. The number of ether oxygens (including phenoxy) is 1. The van der Waals surface area contributed by atoms with E-state index in [9.17, 15) is 0 Å². The van der Waals surface area contributed by atoms with Crippen molar-refractivity contribution in [2.24, 2.45) is 5.11 Å². The Morgan fingerprint density at radius 3 is 2.31 bits per heavy atom. The average molecular weight is 377 g/mol. The quantitative estimate of drug-likeness (QED) is 0.408. The smallest absolute Gasteiger partial charge is 0.186 e. The van der Waals surface area contributed by atoms with Crippen molar-refractivity contribution in [3.8, 4) is 5.75 Å². The number of anilines is 1. The number of hydrogen-bond acceptors (Lipinski definition) is 6. The highest BCUT2D eigenvalue weighted by molar-refractivity contribution is 7.22. The van der Waals surface area contributed by atoms with Crippen molar-refractivity contribution < 1.29 is 4.74 Å². The highest BCUT2D eigenvalue weighted by atomic mass is 32.1. The van der Waals surface area contributed by atoms with Gasteiger partial charge < -0.3 is 9.64 Å². The van der Waals surface area contributed by atoms with E-state index in [2.05, 4.69) is 37.7 Å². The van der Waals surface area contributed by atoms with Crippen molar-refractivity contribution in [2.75, 3.05) is 18.0 Å². The van der Waals surface area contributed by atoms with E-state index in [0.717, 1.165) is 41.3 Å². The van der Waals surface area contributed by atoms with Gasteiger partial charge in [-0.3, -0.25) is 0 Å². The third-order valence-electron chi connectivity index (χ3n) is 4.62. The molecule has 1 N–H and O–H groups in total. The van der Waals surface area contributed by atoms with Crippen LogP contribution >= 0.6 is 11.3 Å². The number of rotatable bonds is 12. The molecule has 0 bridgehead atoms. The number of benzene rings is 1. The Balaban J connectivity index is 2.34. The number of fused-ring (bicyclic) bond motifs is 1. The van der Waals surface area contributed by atoms with Crippen LogP contribution in [0.25, 0.3) is 10.2 Å². The average Bonchev–Trinajstić information content (AvgIpc) is 3.07. The third-order valence-corrected chi connectivity index (χ3v) is 5.70. The van der Waals surface area contributed by atoms with Gasteiger partial charge in [0, 0.05) is 19.2 Å². The molecule has 0 saturated heterocycles. The second-order valence-electron chi connectivity index (χ2n) is 6.65. The molecule has 2 aromatic rings. The van der Waals surface area contributed by atoms with E-state index in [4.69, 9.17) is 15.3 Å². The molecule has 5 nitrogen and oxygen atoms in total. The van der Waals surface area contributed by atoms with E-state index in [-0.39, 0.29) is 6.10 Å². The lowest BCUT2D eigenvalue weighted by Gasteiger charge is -2.21. The van der Waals surface area contributed by atoms with Crippen LogP contribution < -0.4 is 9.64 Å². The molecular formula is C20H32N4OS. The van der Waals surface area contributed by atoms with Crippen LogP contribution in [-0.4, -0.2) is 24.2 Å². The molecule has 2 rings (SSSR count). The molecule has 0 unspecified atom stereocenters. The van der Waals surface area contributed by atoms with Crippen molar-refractivity contribution in [1.82, 2.24) is 4.98 Å². The summed E-state index contributed by atoms with van der Waals surface area (Å²) >= 11 is 1.69. The van der Waals surface area contributed by atoms with Gasteiger partial charge in [0.25, 0.3) is 0 Å². The Morgan fingerprint density at radius 1 is 1.12 bits per heavy atom. The molecule has 0 atom stereocenters. The molecule has 0 aliphatic carbocycles. The highest BCUT2D eigenvalue weighted by Crippen LogP contribution is 2.38. The summed E-state index contributed by atoms with van der Waals surface area (Å²) in [5, 5.41) is 4.75. The molecule has 1 aromatic carbocycles. The molecule has 6 heteroatoms. The Bertz CT molecular complexity index is 688. The van der Waals surface area contributed by atoms with Gasteiger partial charge in [0.15, 0.2) is 5.13 Å². The molecule has 1 aromatic heterocycles. The third kappa shape index (κ3) is 5.16. The van der Waals surface area contributed by atoms with Gasteiger partial charge >= 0.3 is 0 Å². The first-order valence-electron chi connectivity index (χ1n) is 9.90. The minimum absolute atomic E-state index is 0.150. The minimum Gasteiger partial charge on any atom is -0.488 e. The molecule has 0 spiro atoms. The van der Waals surface area contributed by atoms with E-state index in [1.807, 2.05) is 12.1 Å². The number of hydrogen-bond donors (Lipinski definition) is 1. The summed E-state index contributed by atoms with van der Waals surface area (Å²) in [6.07, 6.45) is 6.75.